The molecule has 13 heteroatoms. The minimum atomic E-state index is 0.500. The van der Waals surface area contributed by atoms with Gasteiger partial charge < -0.3 is 40.2 Å². The van der Waals surface area contributed by atoms with Gasteiger partial charge in [-0.05, 0) is 56.7 Å². The molecule has 0 aromatic carbocycles. The maximum absolute atomic E-state index is 4.92. The summed E-state index contributed by atoms with van der Waals surface area (Å²) < 4.78 is 19.4. The molecule has 0 aromatic heterocycles. The molecule has 7 aliphatic heterocycles. The Labute approximate surface area is 631 Å². The summed E-state index contributed by atoms with van der Waals surface area (Å²) in [5.41, 5.74) is 0. The van der Waals surface area contributed by atoms with Gasteiger partial charge in [0, 0.05) is 63.5 Å². The SMILES string of the molecule is C1=NCCCN1.C1=NCCCO1.C1=NCCOC1.C1CCCCC1.C1CCNCC1.C1CNCCN1.C1COCOC1.C1CSCSC1.CC.CC.CC.CC.CC.CC.CC.CC.CC.CC.CC.CC.CC.CC.CC.CC.CC.CC.CC.CC.CC.CC.CC.CC. The molecule has 1 aliphatic carbocycles. The first-order chi connectivity index (χ1) is 48.0. The Hall–Kier alpha value is -0.930. The molecule has 0 spiro atoms. The Balaban J connectivity index is -0.0000000258. The van der Waals surface area contributed by atoms with Crippen molar-refractivity contribution in [1.29, 1.82) is 0 Å². The number of piperazine rings is 1. The van der Waals surface area contributed by atoms with Crippen molar-refractivity contribution < 1.29 is 18.9 Å². The van der Waals surface area contributed by atoms with Gasteiger partial charge in [0.15, 0.2) is 6.40 Å². The van der Waals surface area contributed by atoms with Crippen LogP contribution in [-0.2, 0) is 18.9 Å². The van der Waals surface area contributed by atoms with Crippen LogP contribution in [0.3, 0.4) is 0 Å². The molecule has 7 heterocycles. The first kappa shape index (κ1) is 167. The van der Waals surface area contributed by atoms with Gasteiger partial charge in [0.25, 0.3) is 0 Å². The molecule has 8 rings (SSSR count). The van der Waals surface area contributed by atoms with Crippen LogP contribution in [0.1, 0.15) is 416 Å². The summed E-state index contributed by atoms with van der Waals surface area (Å²) in [7, 11) is 0. The van der Waals surface area contributed by atoms with E-state index >= 15 is 0 Å². The minimum absolute atomic E-state index is 0.500. The molecule has 8 aliphatic rings. The number of hydrogen-bond donors (Lipinski definition) is 4. The number of nitrogens with one attached hydrogen (secondary N) is 4. The van der Waals surface area contributed by atoms with Gasteiger partial charge in [-0.25, -0.2) is 0 Å². The van der Waals surface area contributed by atoms with Crippen molar-refractivity contribution in [3.05, 3.63) is 0 Å². The summed E-state index contributed by atoms with van der Waals surface area (Å²) in [6.07, 6.45) is 23.0. The molecule has 11 nitrogen and oxygen atoms in total. The highest BCUT2D eigenvalue weighted by Gasteiger charge is 1.97. The van der Waals surface area contributed by atoms with Crippen molar-refractivity contribution in [3.8, 4) is 0 Å². The van der Waals surface area contributed by atoms with E-state index in [1.54, 1.807) is 12.6 Å². The van der Waals surface area contributed by atoms with Crippen molar-refractivity contribution in [1.82, 2.24) is 21.3 Å². The van der Waals surface area contributed by atoms with Crippen LogP contribution < -0.4 is 21.3 Å². The zero-order valence-electron chi connectivity index (χ0n) is 78.2. The highest BCUT2D eigenvalue weighted by atomic mass is 32.2. The molecular weight excluding hydrogens is 1220 g/mol. The molecule has 0 bridgehead atoms. The molecule has 0 atom stereocenters. The quantitative estimate of drug-likeness (QED) is 0.187. The fourth-order valence-electron chi connectivity index (χ4n) is 4.61. The van der Waals surface area contributed by atoms with Crippen molar-refractivity contribution >= 4 is 42.5 Å². The molecule has 0 unspecified atom stereocenters. The number of aliphatic imine (C=N–C) groups is 3. The van der Waals surface area contributed by atoms with Crippen LogP contribution in [0.15, 0.2) is 15.0 Å². The Morgan fingerprint density at radius 3 is 0.656 bits per heavy atom. The number of nitrogens with zero attached hydrogens (tertiary/aromatic N) is 3. The number of ether oxygens (including phenoxy) is 4. The van der Waals surface area contributed by atoms with E-state index in [1.807, 2.05) is 332 Å². The van der Waals surface area contributed by atoms with Crippen LogP contribution in [0.2, 0.25) is 0 Å². The predicted molar refractivity (Wildman–Crippen MR) is 482 cm³/mol. The monoisotopic (exact) mass is 1440 g/mol. The first-order valence-corrected chi connectivity index (χ1v) is 45.1. The smallest absolute Gasteiger partial charge is 0.169 e. The summed E-state index contributed by atoms with van der Waals surface area (Å²) >= 11 is 4.12. The predicted octanol–water partition coefficient (Wildman–Crippen LogP) is 29.6. The van der Waals surface area contributed by atoms with Gasteiger partial charge >= 0.3 is 0 Å². The molecule has 5 fully saturated rings. The summed E-state index contributed by atoms with van der Waals surface area (Å²) in [5, 5.41) is 14.1. The number of piperidine rings is 1. The van der Waals surface area contributed by atoms with Gasteiger partial charge in [0.1, 0.15) is 6.79 Å². The maximum atomic E-state index is 4.92. The van der Waals surface area contributed by atoms with Crippen molar-refractivity contribution in [2.45, 2.75) is 416 Å². The lowest BCUT2D eigenvalue weighted by molar-refractivity contribution is -0.0963. The largest absolute Gasteiger partial charge is 0.483 e. The minimum Gasteiger partial charge on any atom is -0.483 e. The van der Waals surface area contributed by atoms with Crippen LogP contribution >= 0.6 is 23.5 Å². The van der Waals surface area contributed by atoms with Gasteiger partial charge in [-0.3, -0.25) is 15.0 Å². The van der Waals surface area contributed by atoms with Crippen molar-refractivity contribution in [3.63, 3.8) is 0 Å². The van der Waals surface area contributed by atoms with Crippen LogP contribution in [0.5, 0.6) is 0 Å². The second-order valence-corrected chi connectivity index (χ2v) is 14.3. The van der Waals surface area contributed by atoms with Crippen LogP contribution in [-0.4, -0.2) is 141 Å². The lowest BCUT2D eigenvalue weighted by atomic mass is 10.0. The average molecular weight is 1440 g/mol. The fourth-order valence-corrected chi connectivity index (χ4v) is 6.90. The zero-order chi connectivity index (χ0) is 81.9. The molecule has 1 saturated carbocycles. The Kier molecular flexibility index (Phi) is 638. The molecule has 0 radical (unpaired) electrons. The van der Waals surface area contributed by atoms with Gasteiger partial charge in [-0.2, -0.15) is 23.5 Å². The van der Waals surface area contributed by atoms with Crippen LogP contribution in [0, 0.1) is 0 Å². The number of rotatable bonds is 0. The van der Waals surface area contributed by atoms with E-state index in [9.17, 15) is 0 Å². The molecular formula is C83H215N7O4S2. The van der Waals surface area contributed by atoms with Crippen molar-refractivity contribution in [2.75, 3.05) is 122 Å². The van der Waals surface area contributed by atoms with E-state index in [1.165, 1.54) is 107 Å². The Bertz CT molecular complexity index is 512. The van der Waals surface area contributed by atoms with E-state index in [4.69, 9.17) is 18.9 Å². The van der Waals surface area contributed by atoms with Gasteiger partial charge in [-0.15, -0.1) is 0 Å². The third-order valence-electron chi connectivity index (χ3n) is 7.33. The highest BCUT2D eigenvalue weighted by molar-refractivity contribution is 8.16. The van der Waals surface area contributed by atoms with Crippen LogP contribution in [0.25, 0.3) is 0 Å². The van der Waals surface area contributed by atoms with E-state index in [0.717, 1.165) is 91.6 Å². The fraction of sp³-hybridized carbons (Fsp3) is 0.964. The van der Waals surface area contributed by atoms with E-state index in [2.05, 4.69) is 59.8 Å². The summed E-state index contributed by atoms with van der Waals surface area (Å²) in [5.74, 6) is 2.79. The summed E-state index contributed by atoms with van der Waals surface area (Å²) in [6.45, 7) is 112. The summed E-state index contributed by atoms with van der Waals surface area (Å²) in [4.78, 5) is 11.7. The second kappa shape index (κ2) is 368. The standard InChI is InChI=1S/C6H12.C5H11N.C4H10N2.C4H8N2.2C4H7NO.C4H8O2.C4H8S2.24C2H6/c2*1-2-4-6-5-3-1;1-2-6-4-3-5-1;1-2-5-4-6-3-1;1-3-6-4-2-5-1;3*1-2-5-4-6-3-1;24*1-2/h1-6H2;6H,1-5H2;5-6H,1-4H2;4H,1-3H2,(H,5,6);1H,2-4H2;4H,1-3H2;2*1-4H2;24*1-2H3. The third kappa shape index (κ3) is 356. The van der Waals surface area contributed by atoms with Crippen LogP contribution in [0.4, 0.5) is 0 Å². The highest BCUT2D eigenvalue weighted by Crippen LogP contribution is 2.19. The normalized spacial score (nSPS) is 12.8. The van der Waals surface area contributed by atoms with E-state index < -0.39 is 0 Å². The van der Waals surface area contributed by atoms with E-state index in [0.29, 0.717) is 13.4 Å². The van der Waals surface area contributed by atoms with Gasteiger partial charge in [-0.1, -0.05) is 377 Å². The van der Waals surface area contributed by atoms with E-state index in [-0.39, 0.29) is 0 Å². The Morgan fingerprint density at radius 1 is 0.260 bits per heavy atom. The molecule has 96 heavy (non-hydrogen) atoms. The number of thioether (sulfide) groups is 2. The lowest BCUT2D eigenvalue weighted by Gasteiger charge is -2.11. The zero-order valence-corrected chi connectivity index (χ0v) is 79.8. The first-order valence-electron chi connectivity index (χ1n) is 42.8. The van der Waals surface area contributed by atoms with Gasteiger partial charge in [0.2, 0.25) is 0 Å². The molecule has 4 saturated heterocycles. The third-order valence-corrected chi connectivity index (χ3v) is 9.82. The molecule has 618 valence electrons. The average Bonchev–Trinajstić information content (AvgIpc) is 3.80. The van der Waals surface area contributed by atoms with Crippen molar-refractivity contribution in [2.24, 2.45) is 15.0 Å². The lowest BCUT2D eigenvalue weighted by Crippen LogP contribution is -2.39. The number of hydrogen-bond acceptors (Lipinski definition) is 13. The topological polar surface area (TPSA) is 122 Å². The summed E-state index contributed by atoms with van der Waals surface area (Å²) in [6, 6.07) is 0. The molecule has 4 N–H and O–H groups in total. The van der Waals surface area contributed by atoms with Gasteiger partial charge in [0.05, 0.1) is 45.9 Å². The molecule has 0 amide bonds. The maximum Gasteiger partial charge on any atom is 0.169 e. The Morgan fingerprint density at radius 2 is 0.573 bits per heavy atom. The second-order valence-electron chi connectivity index (χ2n) is 11.8. The molecule has 0 aromatic rings.